The Morgan fingerprint density at radius 1 is 1.38 bits per heavy atom. The molecule has 6 heteroatoms. The Labute approximate surface area is 100 Å². The minimum absolute atomic E-state index is 0.205. The number of likely N-dealkylation sites (tertiary alicyclic amines) is 1. The van der Waals surface area contributed by atoms with E-state index in [9.17, 15) is 0 Å². The van der Waals surface area contributed by atoms with Crippen LogP contribution in [-0.4, -0.2) is 41.0 Å². The topological polar surface area (TPSA) is 67.1 Å². The first-order valence-corrected chi connectivity index (χ1v) is 5.88. The lowest BCUT2D eigenvalue weighted by atomic mass is 10.4. The van der Waals surface area contributed by atoms with Crippen LogP contribution in [0.2, 0.25) is 5.15 Å². The summed E-state index contributed by atoms with van der Waals surface area (Å²) < 4.78 is 0. The van der Waals surface area contributed by atoms with Crippen molar-refractivity contribution < 1.29 is 0 Å². The zero-order valence-electron chi connectivity index (χ0n) is 9.12. The molecular weight excluding hydrogens is 226 g/mol. The molecule has 1 fully saturated rings. The van der Waals surface area contributed by atoms with E-state index in [1.54, 1.807) is 6.07 Å². The molecular formula is C10H16ClN5. The maximum Gasteiger partial charge on any atom is 0.223 e. The second-order valence-electron chi connectivity index (χ2n) is 3.91. The largest absolute Gasteiger partial charge is 0.369 e. The van der Waals surface area contributed by atoms with Gasteiger partial charge in [0.1, 0.15) is 11.0 Å². The summed E-state index contributed by atoms with van der Waals surface area (Å²) in [6, 6.07) is 1.68. The van der Waals surface area contributed by atoms with Crippen molar-refractivity contribution >= 4 is 23.4 Å². The van der Waals surface area contributed by atoms with Crippen molar-refractivity contribution in [1.82, 2.24) is 14.9 Å². The van der Waals surface area contributed by atoms with Gasteiger partial charge in [0, 0.05) is 19.2 Å². The smallest absolute Gasteiger partial charge is 0.223 e. The predicted molar refractivity (Wildman–Crippen MR) is 65.6 cm³/mol. The van der Waals surface area contributed by atoms with Crippen molar-refractivity contribution in [3.8, 4) is 0 Å². The number of nitrogens with one attached hydrogen (secondary N) is 1. The van der Waals surface area contributed by atoms with Crippen molar-refractivity contribution in [2.24, 2.45) is 0 Å². The molecule has 1 aliphatic heterocycles. The summed E-state index contributed by atoms with van der Waals surface area (Å²) >= 11 is 5.77. The van der Waals surface area contributed by atoms with Crippen LogP contribution >= 0.6 is 11.6 Å². The predicted octanol–water partition coefficient (Wildman–Crippen LogP) is 1.22. The van der Waals surface area contributed by atoms with Gasteiger partial charge in [-0.15, -0.1) is 0 Å². The van der Waals surface area contributed by atoms with E-state index in [0.29, 0.717) is 11.0 Å². The minimum atomic E-state index is 0.205. The Hall–Kier alpha value is -1.07. The third-order valence-corrected chi connectivity index (χ3v) is 2.84. The first-order valence-electron chi connectivity index (χ1n) is 5.50. The lowest BCUT2D eigenvalue weighted by Crippen LogP contribution is -2.26. The van der Waals surface area contributed by atoms with Crippen LogP contribution in [0, 0.1) is 0 Å². The first-order chi connectivity index (χ1) is 7.74. The number of rotatable bonds is 4. The highest BCUT2D eigenvalue weighted by Gasteiger charge is 2.10. The number of halogens is 1. The van der Waals surface area contributed by atoms with E-state index in [2.05, 4.69) is 20.2 Å². The molecule has 0 aliphatic carbocycles. The quantitative estimate of drug-likeness (QED) is 0.776. The lowest BCUT2D eigenvalue weighted by Gasteiger charge is -2.14. The molecule has 0 bridgehead atoms. The maximum absolute atomic E-state index is 5.77. The van der Waals surface area contributed by atoms with Gasteiger partial charge < -0.3 is 16.0 Å². The Kier molecular flexibility index (Phi) is 3.79. The highest BCUT2D eigenvalue weighted by molar-refractivity contribution is 6.29. The molecule has 1 aromatic heterocycles. The molecule has 1 aliphatic rings. The first kappa shape index (κ1) is 11.4. The molecule has 0 atom stereocenters. The normalized spacial score (nSPS) is 16.6. The van der Waals surface area contributed by atoms with Gasteiger partial charge in [0.15, 0.2) is 0 Å². The van der Waals surface area contributed by atoms with Gasteiger partial charge in [0.25, 0.3) is 0 Å². The fraction of sp³-hybridized carbons (Fsp3) is 0.600. The van der Waals surface area contributed by atoms with Crippen LogP contribution in [0.15, 0.2) is 6.07 Å². The number of aromatic nitrogens is 2. The second-order valence-corrected chi connectivity index (χ2v) is 4.30. The standard InChI is InChI=1S/C10H16ClN5/c11-8-7-9(15-10(12)14-8)13-3-6-16-4-1-2-5-16/h7H,1-6H2,(H3,12,13,14,15). The minimum Gasteiger partial charge on any atom is -0.369 e. The van der Waals surface area contributed by atoms with E-state index in [1.165, 1.54) is 25.9 Å². The fourth-order valence-corrected chi connectivity index (χ4v) is 2.06. The maximum atomic E-state index is 5.77. The summed E-state index contributed by atoms with van der Waals surface area (Å²) in [5.74, 6) is 0.896. The Balaban J connectivity index is 1.80. The van der Waals surface area contributed by atoms with Gasteiger partial charge >= 0.3 is 0 Å². The van der Waals surface area contributed by atoms with Crippen LogP contribution in [0.5, 0.6) is 0 Å². The Morgan fingerprint density at radius 3 is 2.81 bits per heavy atom. The molecule has 0 saturated carbocycles. The van der Waals surface area contributed by atoms with Gasteiger partial charge in [-0.2, -0.15) is 4.98 Å². The summed E-state index contributed by atoms with van der Waals surface area (Å²) in [5.41, 5.74) is 5.50. The van der Waals surface area contributed by atoms with Crippen LogP contribution in [0.4, 0.5) is 11.8 Å². The van der Waals surface area contributed by atoms with Crippen LogP contribution < -0.4 is 11.1 Å². The summed E-state index contributed by atoms with van der Waals surface area (Å²) in [7, 11) is 0. The number of nitrogen functional groups attached to an aromatic ring is 1. The van der Waals surface area contributed by atoms with E-state index in [-0.39, 0.29) is 5.95 Å². The van der Waals surface area contributed by atoms with Gasteiger partial charge in [-0.05, 0) is 25.9 Å². The van der Waals surface area contributed by atoms with E-state index in [1.807, 2.05) is 0 Å². The SMILES string of the molecule is Nc1nc(Cl)cc(NCCN2CCCC2)n1. The molecule has 3 N–H and O–H groups in total. The number of hydrogen-bond donors (Lipinski definition) is 2. The Morgan fingerprint density at radius 2 is 2.12 bits per heavy atom. The summed E-state index contributed by atoms with van der Waals surface area (Å²) in [6.45, 7) is 4.29. The third-order valence-electron chi connectivity index (χ3n) is 2.65. The molecule has 0 spiro atoms. The van der Waals surface area contributed by atoms with Gasteiger partial charge in [-0.25, -0.2) is 4.98 Å². The number of hydrogen-bond acceptors (Lipinski definition) is 5. The Bertz CT molecular complexity index is 331. The summed E-state index contributed by atoms with van der Waals surface area (Å²) in [6.07, 6.45) is 2.62. The lowest BCUT2D eigenvalue weighted by molar-refractivity contribution is 0.352. The van der Waals surface area contributed by atoms with E-state index in [4.69, 9.17) is 17.3 Å². The van der Waals surface area contributed by atoms with E-state index in [0.717, 1.165) is 13.1 Å². The average molecular weight is 242 g/mol. The van der Waals surface area contributed by atoms with Crippen molar-refractivity contribution in [2.45, 2.75) is 12.8 Å². The molecule has 2 heterocycles. The molecule has 5 nitrogen and oxygen atoms in total. The molecule has 0 amide bonds. The number of anilines is 2. The molecule has 1 saturated heterocycles. The van der Waals surface area contributed by atoms with Crippen molar-refractivity contribution in [1.29, 1.82) is 0 Å². The van der Waals surface area contributed by atoms with Gasteiger partial charge in [0.2, 0.25) is 5.95 Å². The molecule has 2 rings (SSSR count). The zero-order chi connectivity index (χ0) is 11.4. The van der Waals surface area contributed by atoms with Gasteiger partial charge in [0.05, 0.1) is 0 Å². The van der Waals surface area contributed by atoms with Crippen molar-refractivity contribution in [2.75, 3.05) is 37.2 Å². The monoisotopic (exact) mass is 241 g/mol. The van der Waals surface area contributed by atoms with Crippen molar-refractivity contribution in [3.05, 3.63) is 11.2 Å². The molecule has 0 aromatic carbocycles. The highest BCUT2D eigenvalue weighted by atomic mass is 35.5. The van der Waals surface area contributed by atoms with Crippen LogP contribution in [0.3, 0.4) is 0 Å². The van der Waals surface area contributed by atoms with Crippen LogP contribution in [0.25, 0.3) is 0 Å². The molecule has 16 heavy (non-hydrogen) atoms. The molecule has 88 valence electrons. The van der Waals surface area contributed by atoms with Crippen LogP contribution in [0.1, 0.15) is 12.8 Å². The fourth-order valence-electron chi connectivity index (χ4n) is 1.87. The molecule has 0 unspecified atom stereocenters. The highest BCUT2D eigenvalue weighted by Crippen LogP contribution is 2.12. The van der Waals surface area contributed by atoms with E-state index >= 15 is 0 Å². The molecule has 1 aromatic rings. The zero-order valence-corrected chi connectivity index (χ0v) is 9.87. The summed E-state index contributed by atoms with van der Waals surface area (Å²) in [4.78, 5) is 10.3. The second kappa shape index (κ2) is 5.32. The number of nitrogens with two attached hydrogens (primary N) is 1. The average Bonchev–Trinajstić information content (AvgIpc) is 2.69. The summed E-state index contributed by atoms with van der Waals surface area (Å²) in [5, 5.41) is 3.57. The van der Waals surface area contributed by atoms with Crippen LogP contribution in [-0.2, 0) is 0 Å². The number of nitrogens with zero attached hydrogens (tertiary/aromatic N) is 3. The molecule has 0 radical (unpaired) electrons. The van der Waals surface area contributed by atoms with E-state index < -0.39 is 0 Å². The van der Waals surface area contributed by atoms with Crippen molar-refractivity contribution in [3.63, 3.8) is 0 Å². The van der Waals surface area contributed by atoms with Gasteiger partial charge in [-0.1, -0.05) is 11.6 Å². The van der Waals surface area contributed by atoms with Gasteiger partial charge in [-0.3, -0.25) is 0 Å². The third kappa shape index (κ3) is 3.21.